The highest BCUT2D eigenvalue weighted by Crippen LogP contribution is 2.35. The number of carbonyl (C=O) groups excluding carboxylic acids is 2. The second-order valence-corrected chi connectivity index (χ2v) is 13.5. The van der Waals surface area contributed by atoms with Crippen molar-refractivity contribution in [1.82, 2.24) is 20.6 Å². The summed E-state index contributed by atoms with van der Waals surface area (Å²) in [6.45, 7) is -0.0562. The van der Waals surface area contributed by atoms with Crippen molar-refractivity contribution in [1.29, 1.82) is 0 Å². The molecule has 0 spiro atoms. The Morgan fingerprint density at radius 2 is 1.58 bits per heavy atom. The number of halogens is 6. The van der Waals surface area contributed by atoms with Gasteiger partial charge >= 0.3 is 12.4 Å². The van der Waals surface area contributed by atoms with Crippen LogP contribution in [0.3, 0.4) is 0 Å². The van der Waals surface area contributed by atoms with Gasteiger partial charge in [-0.2, -0.15) is 26.3 Å². The van der Waals surface area contributed by atoms with E-state index in [4.69, 9.17) is 5.11 Å². The summed E-state index contributed by atoms with van der Waals surface area (Å²) in [4.78, 5) is 35.9. The zero-order chi connectivity index (χ0) is 38.9. The first-order chi connectivity index (χ1) is 25.0. The average Bonchev–Trinajstić information content (AvgIpc) is 3.51. The lowest BCUT2D eigenvalue weighted by molar-refractivity contribution is -0.144. The molecule has 0 radical (unpaired) electrons. The maximum Gasteiger partial charge on any atom is 0.451 e. The molecule has 5 atom stereocenters. The van der Waals surface area contributed by atoms with Gasteiger partial charge in [0.05, 0.1) is 23.9 Å². The molecule has 0 aliphatic carbocycles. The molecule has 1 aromatic carbocycles. The molecule has 2 aromatic rings. The zero-order valence-corrected chi connectivity index (χ0v) is 28.9. The molecule has 0 saturated carbocycles. The van der Waals surface area contributed by atoms with Crippen LogP contribution in [0.5, 0.6) is 0 Å². The topological polar surface area (TPSA) is 192 Å². The molecular formula is C34H46F6N6O7. The number of nitrogens with one attached hydrogen (secondary N) is 2. The highest BCUT2D eigenvalue weighted by molar-refractivity contribution is 5.86. The van der Waals surface area contributed by atoms with Crippen LogP contribution in [-0.2, 0) is 28.4 Å². The van der Waals surface area contributed by atoms with Gasteiger partial charge in [-0.05, 0) is 62.1 Å². The number of aliphatic hydroxyl groups excluding tert-OH is 5. The number of carbonyl (C=O) groups is 2. The minimum absolute atomic E-state index is 0.00727. The molecule has 19 heteroatoms. The first-order valence-corrected chi connectivity index (χ1v) is 17.5. The summed E-state index contributed by atoms with van der Waals surface area (Å²) in [5.74, 6) is -2.35. The molecule has 2 saturated heterocycles. The summed E-state index contributed by atoms with van der Waals surface area (Å²) in [6.07, 6.45) is -12.2. The van der Waals surface area contributed by atoms with Crippen LogP contribution < -0.4 is 20.4 Å². The molecule has 2 aliphatic rings. The Kier molecular flexibility index (Phi) is 14.7. The number of aliphatic hydroxyl groups is 5. The van der Waals surface area contributed by atoms with Crippen molar-refractivity contribution in [2.45, 2.75) is 94.2 Å². The maximum atomic E-state index is 14.0. The van der Waals surface area contributed by atoms with Crippen molar-refractivity contribution in [3.63, 3.8) is 0 Å². The van der Waals surface area contributed by atoms with E-state index in [1.807, 2.05) is 0 Å². The fourth-order valence-corrected chi connectivity index (χ4v) is 6.47. The largest absolute Gasteiger partial charge is 0.451 e. The van der Waals surface area contributed by atoms with E-state index in [0.29, 0.717) is 44.3 Å². The molecule has 13 nitrogen and oxygen atoms in total. The molecular weight excluding hydrogens is 718 g/mol. The summed E-state index contributed by atoms with van der Waals surface area (Å²) in [5.41, 5.74) is -0.273. The fourth-order valence-electron chi connectivity index (χ4n) is 6.47. The van der Waals surface area contributed by atoms with E-state index in [1.54, 1.807) is 4.90 Å². The highest BCUT2D eigenvalue weighted by Gasteiger charge is 2.41. The van der Waals surface area contributed by atoms with E-state index in [1.165, 1.54) is 23.1 Å². The molecule has 2 aliphatic heterocycles. The van der Waals surface area contributed by atoms with Gasteiger partial charge in [0.25, 0.3) is 0 Å². The van der Waals surface area contributed by atoms with E-state index in [0.717, 1.165) is 12.1 Å². The number of hydrogen-bond donors (Lipinski definition) is 7. The number of anilines is 2. The van der Waals surface area contributed by atoms with Gasteiger partial charge in [0.1, 0.15) is 23.8 Å². The fraction of sp³-hybridized carbons (Fsp3) is 0.647. The maximum absolute atomic E-state index is 14.0. The summed E-state index contributed by atoms with van der Waals surface area (Å²) in [7, 11) is 0. The zero-order valence-electron chi connectivity index (χ0n) is 28.9. The van der Waals surface area contributed by atoms with Crippen molar-refractivity contribution >= 4 is 23.5 Å². The molecule has 53 heavy (non-hydrogen) atoms. The Labute approximate surface area is 302 Å². The van der Waals surface area contributed by atoms with E-state index >= 15 is 0 Å². The molecule has 7 N–H and O–H groups in total. The van der Waals surface area contributed by atoms with Crippen LogP contribution in [0.4, 0.5) is 38.0 Å². The van der Waals surface area contributed by atoms with Gasteiger partial charge < -0.3 is 46.0 Å². The third-order valence-electron chi connectivity index (χ3n) is 9.50. The summed E-state index contributed by atoms with van der Waals surface area (Å²) in [6, 6.07) is 4.75. The van der Waals surface area contributed by atoms with Crippen LogP contribution in [-0.4, -0.2) is 117 Å². The number of benzene rings is 1. The first-order valence-electron chi connectivity index (χ1n) is 17.5. The van der Waals surface area contributed by atoms with Gasteiger partial charge in [-0.25, -0.2) is 9.97 Å². The molecule has 0 bridgehead atoms. The van der Waals surface area contributed by atoms with Crippen LogP contribution >= 0.6 is 0 Å². The number of hydrogen-bond acceptors (Lipinski definition) is 11. The molecule has 0 unspecified atom stereocenters. The summed E-state index contributed by atoms with van der Waals surface area (Å²) in [5, 5.41) is 53.9. The Hall–Kier alpha value is -3.78. The number of β-amino-alcohol motifs (C(OH)–C–C–N with tert-alkyl or cyclic N) is 1. The predicted molar refractivity (Wildman–Crippen MR) is 178 cm³/mol. The molecule has 1 aromatic heterocycles. The van der Waals surface area contributed by atoms with Crippen molar-refractivity contribution < 1.29 is 61.5 Å². The normalized spacial score (nSPS) is 20.3. The molecule has 2 fully saturated rings. The summed E-state index contributed by atoms with van der Waals surface area (Å²) < 4.78 is 80.5. The third-order valence-corrected chi connectivity index (χ3v) is 9.50. The van der Waals surface area contributed by atoms with E-state index < -0.39 is 60.1 Å². The highest BCUT2D eigenvalue weighted by atomic mass is 19.4. The molecule has 3 heterocycles. The second kappa shape index (κ2) is 18.5. The monoisotopic (exact) mass is 764 g/mol. The van der Waals surface area contributed by atoms with E-state index in [9.17, 15) is 56.4 Å². The van der Waals surface area contributed by atoms with Gasteiger partial charge in [0.15, 0.2) is 0 Å². The molecule has 296 valence electrons. The van der Waals surface area contributed by atoms with Crippen LogP contribution in [0, 0.1) is 5.92 Å². The van der Waals surface area contributed by atoms with Gasteiger partial charge in [0, 0.05) is 58.2 Å². The number of piperidine rings is 1. The number of nitrogens with zero attached hydrogens (tertiary/aromatic N) is 4. The van der Waals surface area contributed by atoms with Crippen molar-refractivity contribution in [2.24, 2.45) is 5.92 Å². The lowest BCUT2D eigenvalue weighted by Crippen LogP contribution is -2.44. The number of rotatable bonds is 16. The van der Waals surface area contributed by atoms with Crippen LogP contribution in [0.1, 0.15) is 61.9 Å². The van der Waals surface area contributed by atoms with Crippen molar-refractivity contribution in [3.8, 4) is 0 Å². The van der Waals surface area contributed by atoms with E-state index in [-0.39, 0.29) is 75.4 Å². The van der Waals surface area contributed by atoms with Crippen molar-refractivity contribution in [3.05, 3.63) is 47.3 Å². The Morgan fingerprint density at radius 1 is 0.925 bits per heavy atom. The molecule has 2 amide bonds. The van der Waals surface area contributed by atoms with Gasteiger partial charge in [-0.3, -0.25) is 9.59 Å². The second-order valence-electron chi connectivity index (χ2n) is 13.5. The molecule has 4 rings (SSSR count). The van der Waals surface area contributed by atoms with Gasteiger partial charge in [-0.1, -0.05) is 12.1 Å². The minimum atomic E-state index is -4.91. The average molecular weight is 765 g/mol. The lowest BCUT2D eigenvalue weighted by Gasteiger charge is -2.34. The third kappa shape index (κ3) is 12.1. The summed E-state index contributed by atoms with van der Waals surface area (Å²) >= 11 is 0. The number of amides is 2. The Morgan fingerprint density at radius 3 is 2.21 bits per heavy atom. The Balaban J connectivity index is 1.31. The number of alkyl halides is 6. The lowest BCUT2D eigenvalue weighted by atomic mass is 9.91. The van der Waals surface area contributed by atoms with Crippen LogP contribution in [0.15, 0.2) is 30.3 Å². The number of aromatic nitrogens is 2. The Bertz CT molecular complexity index is 1490. The smallest absolute Gasteiger partial charge is 0.396 e. The van der Waals surface area contributed by atoms with Crippen LogP contribution in [0.2, 0.25) is 0 Å². The van der Waals surface area contributed by atoms with Crippen LogP contribution in [0.25, 0.3) is 0 Å². The van der Waals surface area contributed by atoms with Gasteiger partial charge in [0.2, 0.25) is 17.6 Å². The quantitative estimate of drug-likeness (QED) is 0.123. The minimum Gasteiger partial charge on any atom is -0.396 e. The SMILES string of the molecule is O=C(CCCC1CCN(c2cc(N3C[C@H](O)C[C@H]3C(=O)NCCc3ccc(C(F)(F)F)cc3)nc(C(F)(F)F)n2)CC1)NC[C@H](O)[C@@H](O)[C@H](O)CCO. The first kappa shape index (κ1) is 42.0. The van der Waals surface area contributed by atoms with E-state index in [2.05, 4.69) is 20.6 Å². The van der Waals surface area contributed by atoms with Gasteiger partial charge in [-0.15, -0.1) is 0 Å². The standard InChI is InChI=1S/C34H46F6N6O7/c35-33(36,37)22-6-4-21(5-7-22)8-12-41-31(53)24-16-23(48)19-46(24)28-17-27(43-32(44-28)34(38,39)40)45-13-9-20(10-14-45)2-1-3-29(51)42-18-26(50)30(52)25(49)11-15-47/h4-7,17,20,23-26,30,47-50,52H,1-3,8-16,18-19H2,(H,41,53)(H,42,51)/t23-,24+,25-,26+,30+/m1/s1. The van der Waals surface area contributed by atoms with Crippen molar-refractivity contribution in [2.75, 3.05) is 49.1 Å². The predicted octanol–water partition coefficient (Wildman–Crippen LogP) is 1.78.